The fourth-order valence-corrected chi connectivity index (χ4v) is 3.53. The first-order valence-electron chi connectivity index (χ1n) is 8.84. The molecule has 0 radical (unpaired) electrons. The van der Waals surface area contributed by atoms with Gasteiger partial charge in [-0.1, -0.05) is 25.8 Å². The highest BCUT2D eigenvalue weighted by Gasteiger charge is 2.27. The second-order valence-corrected chi connectivity index (χ2v) is 6.61. The molecule has 1 saturated carbocycles. The van der Waals surface area contributed by atoms with Crippen molar-refractivity contribution in [1.29, 1.82) is 0 Å². The van der Waals surface area contributed by atoms with Crippen LogP contribution in [0.3, 0.4) is 0 Å². The zero-order valence-electron chi connectivity index (χ0n) is 13.4. The summed E-state index contributed by atoms with van der Waals surface area (Å²) >= 11 is 0. The van der Waals surface area contributed by atoms with Crippen LogP contribution in [0.25, 0.3) is 0 Å². The average molecular weight is 287 g/mol. The summed E-state index contributed by atoms with van der Waals surface area (Å²) in [5, 5.41) is 3.68. The summed E-state index contributed by atoms with van der Waals surface area (Å²) in [5.41, 5.74) is 1.43. The van der Waals surface area contributed by atoms with E-state index in [0.29, 0.717) is 12.1 Å². The minimum atomic E-state index is 0.571. The molecule has 1 atom stereocenters. The Kier molecular flexibility index (Phi) is 5.13. The first-order chi connectivity index (χ1) is 10.4. The number of anilines is 1. The fourth-order valence-electron chi connectivity index (χ4n) is 3.53. The van der Waals surface area contributed by atoms with E-state index < -0.39 is 0 Å². The molecule has 2 aliphatic rings. The number of piperidine rings is 1. The summed E-state index contributed by atoms with van der Waals surface area (Å²) in [5.74, 6) is 1.15. The van der Waals surface area contributed by atoms with Gasteiger partial charge < -0.3 is 5.32 Å². The molecule has 1 aliphatic carbocycles. The Hall–Kier alpha value is -1.09. The Morgan fingerprint density at radius 1 is 1.24 bits per heavy atom. The second kappa shape index (κ2) is 7.26. The molecule has 0 unspecified atom stereocenters. The van der Waals surface area contributed by atoms with Crippen molar-refractivity contribution in [3.05, 3.63) is 23.9 Å². The summed E-state index contributed by atoms with van der Waals surface area (Å²) in [4.78, 5) is 7.34. The Bertz CT molecular complexity index is 442. The van der Waals surface area contributed by atoms with Crippen LogP contribution < -0.4 is 5.32 Å². The van der Waals surface area contributed by atoms with Crippen LogP contribution in [0.4, 0.5) is 5.82 Å². The summed E-state index contributed by atoms with van der Waals surface area (Å²) < 4.78 is 0. The lowest BCUT2D eigenvalue weighted by molar-refractivity contribution is 0.147. The molecule has 0 aromatic carbocycles. The van der Waals surface area contributed by atoms with E-state index in [4.69, 9.17) is 0 Å². The van der Waals surface area contributed by atoms with Gasteiger partial charge in [-0.05, 0) is 57.7 Å². The number of pyridine rings is 1. The minimum Gasteiger partial charge on any atom is -0.367 e. The van der Waals surface area contributed by atoms with E-state index >= 15 is 0 Å². The van der Waals surface area contributed by atoms with Gasteiger partial charge in [0.15, 0.2) is 0 Å². The highest BCUT2D eigenvalue weighted by molar-refractivity contribution is 5.47. The largest absolute Gasteiger partial charge is 0.367 e. The Labute approximate surface area is 129 Å². The van der Waals surface area contributed by atoms with Crippen LogP contribution in [0, 0.1) is 0 Å². The molecule has 1 N–H and O–H groups in total. The summed E-state index contributed by atoms with van der Waals surface area (Å²) in [6.07, 6.45) is 12.5. The van der Waals surface area contributed by atoms with Crippen LogP contribution in [0.1, 0.15) is 69.9 Å². The Balaban J connectivity index is 1.76. The standard InChI is InChI=1S/C18H29N3/c1-2-3-13-21-14-5-4-11-17(21)16-10-7-12-19-18(16)20-15-8-6-9-15/h7,10,12,15,17H,2-6,8-9,11,13-14H2,1H3,(H,19,20)/t17-/m0/s1. The van der Waals surface area contributed by atoms with Crippen molar-refractivity contribution >= 4 is 5.82 Å². The molecule has 1 aromatic rings. The minimum absolute atomic E-state index is 0.571. The SMILES string of the molecule is CCCCN1CCCC[C@H]1c1cccnc1NC1CCC1. The van der Waals surface area contributed by atoms with Crippen LogP contribution in [-0.4, -0.2) is 29.0 Å². The Morgan fingerprint density at radius 2 is 2.14 bits per heavy atom. The van der Waals surface area contributed by atoms with Gasteiger partial charge in [-0.3, -0.25) is 4.90 Å². The average Bonchev–Trinajstić information content (AvgIpc) is 2.50. The molecule has 0 amide bonds. The number of aromatic nitrogens is 1. The number of hydrogen-bond donors (Lipinski definition) is 1. The molecular weight excluding hydrogens is 258 g/mol. The summed E-state index contributed by atoms with van der Waals surface area (Å²) in [7, 11) is 0. The topological polar surface area (TPSA) is 28.2 Å². The monoisotopic (exact) mass is 287 g/mol. The lowest BCUT2D eigenvalue weighted by Gasteiger charge is -2.37. The molecule has 21 heavy (non-hydrogen) atoms. The number of unbranched alkanes of at least 4 members (excludes halogenated alkanes) is 1. The van der Waals surface area contributed by atoms with Gasteiger partial charge in [0.2, 0.25) is 0 Å². The van der Waals surface area contributed by atoms with Crippen LogP contribution in [-0.2, 0) is 0 Å². The van der Waals surface area contributed by atoms with Crippen molar-refractivity contribution in [2.75, 3.05) is 18.4 Å². The second-order valence-electron chi connectivity index (χ2n) is 6.61. The van der Waals surface area contributed by atoms with Crippen molar-refractivity contribution in [3.8, 4) is 0 Å². The maximum atomic E-state index is 4.65. The van der Waals surface area contributed by atoms with Crippen LogP contribution in [0.2, 0.25) is 0 Å². The van der Waals surface area contributed by atoms with Gasteiger partial charge in [0.05, 0.1) is 0 Å². The van der Waals surface area contributed by atoms with Crippen molar-refractivity contribution in [3.63, 3.8) is 0 Å². The fraction of sp³-hybridized carbons (Fsp3) is 0.722. The van der Waals surface area contributed by atoms with E-state index in [9.17, 15) is 0 Å². The van der Waals surface area contributed by atoms with Crippen molar-refractivity contribution in [2.45, 2.75) is 70.4 Å². The third-order valence-electron chi connectivity index (χ3n) is 5.06. The van der Waals surface area contributed by atoms with E-state index in [1.807, 2.05) is 6.20 Å². The zero-order chi connectivity index (χ0) is 14.5. The number of nitrogens with zero attached hydrogens (tertiary/aromatic N) is 2. The lowest BCUT2D eigenvalue weighted by Crippen LogP contribution is -2.35. The van der Waals surface area contributed by atoms with Crippen molar-refractivity contribution in [2.24, 2.45) is 0 Å². The molecule has 0 spiro atoms. The molecule has 1 aliphatic heterocycles. The third-order valence-corrected chi connectivity index (χ3v) is 5.06. The highest BCUT2D eigenvalue weighted by Crippen LogP contribution is 2.35. The third kappa shape index (κ3) is 3.57. The van der Waals surface area contributed by atoms with Gasteiger partial charge in [-0.25, -0.2) is 4.98 Å². The van der Waals surface area contributed by atoms with E-state index in [2.05, 4.69) is 34.3 Å². The summed E-state index contributed by atoms with van der Waals surface area (Å²) in [6.45, 7) is 4.77. The maximum absolute atomic E-state index is 4.65. The molecule has 1 saturated heterocycles. The van der Waals surface area contributed by atoms with Crippen molar-refractivity contribution < 1.29 is 0 Å². The predicted octanol–water partition coefficient (Wildman–Crippen LogP) is 4.37. The van der Waals surface area contributed by atoms with Gasteiger partial charge in [-0.2, -0.15) is 0 Å². The lowest BCUT2D eigenvalue weighted by atomic mass is 9.91. The highest BCUT2D eigenvalue weighted by atomic mass is 15.2. The quantitative estimate of drug-likeness (QED) is 0.842. The van der Waals surface area contributed by atoms with Gasteiger partial charge in [0.1, 0.15) is 5.82 Å². The Morgan fingerprint density at radius 3 is 2.90 bits per heavy atom. The molecule has 0 bridgehead atoms. The molecular formula is C18H29N3. The zero-order valence-corrected chi connectivity index (χ0v) is 13.4. The number of nitrogens with one attached hydrogen (secondary N) is 1. The van der Waals surface area contributed by atoms with Crippen LogP contribution in [0.15, 0.2) is 18.3 Å². The molecule has 2 heterocycles. The molecule has 1 aromatic heterocycles. The van der Waals surface area contributed by atoms with Crippen molar-refractivity contribution in [1.82, 2.24) is 9.88 Å². The van der Waals surface area contributed by atoms with Gasteiger partial charge in [-0.15, -0.1) is 0 Å². The van der Waals surface area contributed by atoms with Gasteiger partial charge >= 0.3 is 0 Å². The molecule has 3 heteroatoms. The van der Waals surface area contributed by atoms with E-state index in [1.165, 1.54) is 70.0 Å². The number of hydrogen-bond acceptors (Lipinski definition) is 3. The molecule has 2 fully saturated rings. The van der Waals surface area contributed by atoms with Gasteiger partial charge in [0.25, 0.3) is 0 Å². The first kappa shape index (κ1) is 14.8. The first-order valence-corrected chi connectivity index (χ1v) is 8.84. The van der Waals surface area contributed by atoms with E-state index in [1.54, 1.807) is 0 Å². The van der Waals surface area contributed by atoms with Crippen LogP contribution in [0.5, 0.6) is 0 Å². The van der Waals surface area contributed by atoms with Gasteiger partial charge in [0, 0.05) is 23.8 Å². The maximum Gasteiger partial charge on any atom is 0.130 e. The summed E-state index contributed by atoms with van der Waals surface area (Å²) in [6, 6.07) is 5.63. The van der Waals surface area contributed by atoms with E-state index in [0.717, 1.165) is 5.82 Å². The van der Waals surface area contributed by atoms with E-state index in [-0.39, 0.29) is 0 Å². The molecule has 3 rings (SSSR count). The normalized spacial score (nSPS) is 23.8. The molecule has 3 nitrogen and oxygen atoms in total. The van der Waals surface area contributed by atoms with Crippen LogP contribution >= 0.6 is 0 Å². The predicted molar refractivity (Wildman–Crippen MR) is 88.6 cm³/mol. The molecule has 116 valence electrons. The smallest absolute Gasteiger partial charge is 0.130 e. The number of rotatable bonds is 6. The number of likely N-dealkylation sites (tertiary alicyclic amines) is 1.